The molecule has 0 spiro atoms. The van der Waals surface area contributed by atoms with Crippen LogP contribution in [0.2, 0.25) is 0 Å². The Kier molecular flexibility index (Phi) is 2.04. The van der Waals surface area contributed by atoms with E-state index in [0.29, 0.717) is 12.3 Å². The highest BCUT2D eigenvalue weighted by Crippen LogP contribution is 2.29. The molecule has 0 saturated carbocycles. The molecule has 0 radical (unpaired) electrons. The van der Waals surface area contributed by atoms with Gasteiger partial charge in [0.1, 0.15) is 11.9 Å². The number of benzene rings is 1. The average molecular weight is 193 g/mol. The molecule has 2 rings (SSSR count). The first kappa shape index (κ1) is 8.87. The van der Waals surface area contributed by atoms with Crippen LogP contribution in [-0.4, -0.2) is 23.7 Å². The minimum Gasteiger partial charge on any atom is -0.487 e. The average Bonchev–Trinajstić information content (AvgIpc) is 2.16. The van der Waals surface area contributed by atoms with Crippen LogP contribution in [-0.2, 0) is 0 Å². The molecule has 4 nitrogen and oxygen atoms in total. The van der Waals surface area contributed by atoms with E-state index < -0.39 is 5.97 Å². The summed E-state index contributed by atoms with van der Waals surface area (Å²) in [4.78, 5) is 10.7. The van der Waals surface area contributed by atoms with Crippen LogP contribution in [0.4, 0.5) is 5.69 Å². The van der Waals surface area contributed by atoms with E-state index in [-0.39, 0.29) is 11.7 Å². The highest BCUT2D eigenvalue weighted by Gasteiger charge is 2.16. The number of nitrogens with one attached hydrogen (secondary N) is 1. The van der Waals surface area contributed by atoms with Gasteiger partial charge in [-0.3, -0.25) is 0 Å². The fourth-order valence-electron chi connectivity index (χ4n) is 1.42. The summed E-state index contributed by atoms with van der Waals surface area (Å²) in [6.45, 7) is 2.66. The maximum atomic E-state index is 10.7. The normalized spacial score (nSPS) is 19.1. The van der Waals surface area contributed by atoms with Crippen LogP contribution in [0.15, 0.2) is 18.2 Å². The number of carboxylic acid groups (broad SMARTS) is 1. The van der Waals surface area contributed by atoms with Crippen LogP contribution in [0.5, 0.6) is 5.75 Å². The van der Waals surface area contributed by atoms with Crippen molar-refractivity contribution in [2.75, 3.05) is 11.9 Å². The standard InChI is InChI=1S/C10H11NO3/c1-6-5-11-8-4-7(10(12)13)2-3-9(8)14-6/h2-4,6,11H,5H2,1H3,(H,12,13). The van der Waals surface area contributed by atoms with E-state index in [1.165, 1.54) is 0 Å². The zero-order chi connectivity index (χ0) is 10.1. The predicted octanol–water partition coefficient (Wildman–Crippen LogP) is 1.58. The molecule has 4 heteroatoms. The Morgan fingerprint density at radius 1 is 1.64 bits per heavy atom. The van der Waals surface area contributed by atoms with Gasteiger partial charge in [-0.25, -0.2) is 4.79 Å². The first-order chi connectivity index (χ1) is 6.66. The van der Waals surface area contributed by atoms with Crippen molar-refractivity contribution in [1.82, 2.24) is 0 Å². The lowest BCUT2D eigenvalue weighted by molar-refractivity contribution is 0.0697. The lowest BCUT2D eigenvalue weighted by Gasteiger charge is -2.24. The monoisotopic (exact) mass is 193 g/mol. The van der Waals surface area contributed by atoms with Crippen LogP contribution in [0.3, 0.4) is 0 Å². The molecular formula is C10H11NO3. The Labute approximate surface area is 81.5 Å². The van der Waals surface area contributed by atoms with E-state index in [4.69, 9.17) is 9.84 Å². The number of carboxylic acids is 1. The van der Waals surface area contributed by atoms with Crippen molar-refractivity contribution in [2.45, 2.75) is 13.0 Å². The molecule has 0 amide bonds. The predicted molar refractivity (Wildman–Crippen MR) is 52.0 cm³/mol. The van der Waals surface area contributed by atoms with Gasteiger partial charge in [0, 0.05) is 0 Å². The Hall–Kier alpha value is -1.71. The Balaban J connectivity index is 2.36. The van der Waals surface area contributed by atoms with E-state index >= 15 is 0 Å². The second-order valence-electron chi connectivity index (χ2n) is 3.33. The van der Waals surface area contributed by atoms with Crippen molar-refractivity contribution in [2.24, 2.45) is 0 Å². The van der Waals surface area contributed by atoms with Gasteiger partial charge < -0.3 is 15.2 Å². The third kappa shape index (κ3) is 1.51. The minimum absolute atomic E-state index is 0.123. The SMILES string of the molecule is CC1CNc2cc(C(=O)O)ccc2O1. The minimum atomic E-state index is -0.923. The van der Waals surface area contributed by atoms with Gasteiger partial charge in [0.05, 0.1) is 17.8 Å². The van der Waals surface area contributed by atoms with Gasteiger partial charge in [-0.2, -0.15) is 0 Å². The smallest absolute Gasteiger partial charge is 0.335 e. The number of fused-ring (bicyclic) bond motifs is 1. The molecular weight excluding hydrogens is 182 g/mol. The number of aromatic carboxylic acids is 1. The summed E-state index contributed by atoms with van der Waals surface area (Å²) in [5.41, 5.74) is 1.03. The molecule has 14 heavy (non-hydrogen) atoms. The van der Waals surface area contributed by atoms with Gasteiger partial charge in [0.15, 0.2) is 0 Å². The molecule has 74 valence electrons. The first-order valence-corrected chi connectivity index (χ1v) is 4.44. The van der Waals surface area contributed by atoms with Gasteiger partial charge >= 0.3 is 5.97 Å². The molecule has 0 saturated heterocycles. The molecule has 1 aromatic rings. The largest absolute Gasteiger partial charge is 0.487 e. The lowest BCUT2D eigenvalue weighted by Crippen LogP contribution is -2.27. The van der Waals surface area contributed by atoms with Crippen molar-refractivity contribution in [1.29, 1.82) is 0 Å². The number of hydrogen-bond donors (Lipinski definition) is 2. The molecule has 1 aromatic carbocycles. The van der Waals surface area contributed by atoms with Crippen LogP contribution in [0.25, 0.3) is 0 Å². The van der Waals surface area contributed by atoms with E-state index in [1.54, 1.807) is 18.2 Å². The topological polar surface area (TPSA) is 58.6 Å². The summed E-state index contributed by atoms with van der Waals surface area (Å²) >= 11 is 0. The first-order valence-electron chi connectivity index (χ1n) is 4.44. The Bertz CT molecular complexity index is 376. The van der Waals surface area contributed by atoms with Gasteiger partial charge in [0.25, 0.3) is 0 Å². The van der Waals surface area contributed by atoms with E-state index in [1.807, 2.05) is 6.92 Å². The summed E-state index contributed by atoms with van der Waals surface area (Å²) < 4.78 is 5.51. The van der Waals surface area contributed by atoms with Crippen molar-refractivity contribution >= 4 is 11.7 Å². The molecule has 0 aliphatic carbocycles. The zero-order valence-corrected chi connectivity index (χ0v) is 7.78. The summed E-state index contributed by atoms with van der Waals surface area (Å²) in [6, 6.07) is 4.81. The van der Waals surface area contributed by atoms with Crippen molar-refractivity contribution < 1.29 is 14.6 Å². The van der Waals surface area contributed by atoms with Crippen LogP contribution in [0.1, 0.15) is 17.3 Å². The van der Waals surface area contributed by atoms with E-state index in [9.17, 15) is 4.79 Å². The molecule has 1 heterocycles. The van der Waals surface area contributed by atoms with Crippen molar-refractivity contribution in [3.05, 3.63) is 23.8 Å². The highest BCUT2D eigenvalue weighted by atomic mass is 16.5. The van der Waals surface area contributed by atoms with Gasteiger partial charge in [-0.15, -0.1) is 0 Å². The summed E-state index contributed by atoms with van der Waals surface area (Å²) in [7, 11) is 0. The number of ether oxygens (including phenoxy) is 1. The number of anilines is 1. The summed E-state index contributed by atoms with van der Waals surface area (Å²) in [5, 5.41) is 11.9. The molecule has 1 unspecified atom stereocenters. The quantitative estimate of drug-likeness (QED) is 0.710. The molecule has 0 bridgehead atoms. The van der Waals surface area contributed by atoms with Crippen LogP contribution < -0.4 is 10.1 Å². The second kappa shape index (κ2) is 3.21. The molecule has 1 aliphatic rings. The van der Waals surface area contributed by atoms with Crippen molar-refractivity contribution in [3.63, 3.8) is 0 Å². The fraction of sp³-hybridized carbons (Fsp3) is 0.300. The maximum Gasteiger partial charge on any atom is 0.335 e. The van der Waals surface area contributed by atoms with E-state index in [0.717, 1.165) is 5.69 Å². The number of carbonyl (C=O) groups is 1. The fourth-order valence-corrected chi connectivity index (χ4v) is 1.42. The molecule has 0 fully saturated rings. The molecule has 0 aromatic heterocycles. The Morgan fingerprint density at radius 2 is 2.43 bits per heavy atom. The van der Waals surface area contributed by atoms with Crippen molar-refractivity contribution in [3.8, 4) is 5.75 Å². The lowest BCUT2D eigenvalue weighted by atomic mass is 10.1. The second-order valence-corrected chi connectivity index (χ2v) is 3.33. The maximum absolute atomic E-state index is 10.7. The van der Waals surface area contributed by atoms with Gasteiger partial charge in [0.2, 0.25) is 0 Å². The van der Waals surface area contributed by atoms with E-state index in [2.05, 4.69) is 5.32 Å². The molecule has 2 N–H and O–H groups in total. The van der Waals surface area contributed by atoms with Crippen LogP contribution in [0, 0.1) is 0 Å². The van der Waals surface area contributed by atoms with Crippen LogP contribution >= 0.6 is 0 Å². The molecule has 1 aliphatic heterocycles. The highest BCUT2D eigenvalue weighted by molar-refractivity contribution is 5.89. The third-order valence-electron chi connectivity index (χ3n) is 2.13. The Morgan fingerprint density at radius 3 is 3.14 bits per heavy atom. The summed E-state index contributed by atoms with van der Waals surface area (Å²) in [6.07, 6.45) is 0.123. The van der Waals surface area contributed by atoms with Gasteiger partial charge in [-0.1, -0.05) is 0 Å². The third-order valence-corrected chi connectivity index (χ3v) is 2.13. The molecule has 1 atom stereocenters. The zero-order valence-electron chi connectivity index (χ0n) is 7.78. The van der Waals surface area contributed by atoms with Gasteiger partial charge in [-0.05, 0) is 25.1 Å². The number of rotatable bonds is 1. The summed E-state index contributed by atoms with van der Waals surface area (Å²) in [5.74, 6) is -0.207. The number of hydrogen-bond acceptors (Lipinski definition) is 3.